The van der Waals surface area contributed by atoms with Gasteiger partial charge in [-0.2, -0.15) is 0 Å². The van der Waals surface area contributed by atoms with Crippen LogP contribution in [0.1, 0.15) is 53.1 Å². The smallest absolute Gasteiger partial charge is 0.335 e. The van der Waals surface area contributed by atoms with Gasteiger partial charge >= 0.3 is 5.97 Å². The molecule has 6 nitrogen and oxygen atoms in total. The van der Waals surface area contributed by atoms with E-state index in [1.807, 2.05) is 32.2 Å². The third-order valence-corrected chi connectivity index (χ3v) is 7.56. The molecule has 1 aliphatic rings. The van der Waals surface area contributed by atoms with Gasteiger partial charge in [0.1, 0.15) is 11.4 Å². The number of pyridine rings is 1. The molecule has 1 aromatic carbocycles. The number of aryl methyl sites for hydroxylation is 3. The van der Waals surface area contributed by atoms with Crippen LogP contribution in [0.25, 0.3) is 33.3 Å². The zero-order valence-corrected chi connectivity index (χ0v) is 20.8. The molecule has 7 heteroatoms. The fourth-order valence-electron chi connectivity index (χ4n) is 5.45. The van der Waals surface area contributed by atoms with E-state index in [1.54, 1.807) is 13.0 Å². The van der Waals surface area contributed by atoms with Crippen LogP contribution in [0.3, 0.4) is 0 Å². The maximum absolute atomic E-state index is 14.7. The summed E-state index contributed by atoms with van der Waals surface area (Å²) in [6.07, 6.45) is 7.95. The summed E-state index contributed by atoms with van der Waals surface area (Å²) in [5.74, 6) is 0.142. The summed E-state index contributed by atoms with van der Waals surface area (Å²) in [6, 6.07) is 7.49. The van der Waals surface area contributed by atoms with Crippen molar-refractivity contribution in [3.63, 3.8) is 0 Å². The van der Waals surface area contributed by atoms with Gasteiger partial charge in [0.2, 0.25) is 0 Å². The van der Waals surface area contributed by atoms with Crippen molar-refractivity contribution in [3.8, 4) is 22.3 Å². The highest BCUT2D eigenvalue weighted by atomic mass is 19.1. The monoisotopic (exact) mass is 487 g/mol. The number of carboxylic acid groups (broad SMARTS) is 1. The zero-order chi connectivity index (χ0) is 25.6. The number of hydrogen-bond donors (Lipinski definition) is 1. The van der Waals surface area contributed by atoms with Crippen molar-refractivity contribution in [2.45, 2.75) is 58.7 Å². The molecule has 1 fully saturated rings. The van der Waals surface area contributed by atoms with Crippen LogP contribution in [0.5, 0.6) is 0 Å². The number of halogens is 1. The second-order valence-corrected chi connectivity index (χ2v) is 10.0. The number of benzene rings is 1. The lowest BCUT2D eigenvalue weighted by Gasteiger charge is -2.32. The molecule has 4 aromatic rings. The Morgan fingerprint density at radius 2 is 2.00 bits per heavy atom. The Kier molecular flexibility index (Phi) is 6.02. The summed E-state index contributed by atoms with van der Waals surface area (Å²) in [5, 5.41) is 13.5. The number of aromatic nitrogens is 3. The lowest BCUT2D eigenvalue weighted by Crippen LogP contribution is -2.28. The molecule has 1 N–H and O–H groups in total. The van der Waals surface area contributed by atoms with E-state index in [4.69, 9.17) is 9.51 Å². The quantitative estimate of drug-likeness (QED) is 0.294. The molecule has 0 bridgehead atoms. The summed E-state index contributed by atoms with van der Waals surface area (Å²) in [4.78, 5) is 16.4. The van der Waals surface area contributed by atoms with Gasteiger partial charge in [0.05, 0.1) is 22.3 Å². The highest BCUT2D eigenvalue weighted by molar-refractivity contribution is 5.96. The highest BCUT2D eigenvalue weighted by Gasteiger charge is 2.32. The Balaban J connectivity index is 1.60. The second-order valence-electron chi connectivity index (χ2n) is 10.0. The number of allylic oxidation sites excluding steroid dienone is 1. The number of carboxylic acids is 1. The van der Waals surface area contributed by atoms with E-state index < -0.39 is 11.6 Å². The topological polar surface area (TPSA) is 81.2 Å². The molecular weight excluding hydrogens is 457 g/mol. The predicted molar refractivity (Wildman–Crippen MR) is 138 cm³/mol. The van der Waals surface area contributed by atoms with Crippen molar-refractivity contribution in [2.24, 2.45) is 5.92 Å². The summed E-state index contributed by atoms with van der Waals surface area (Å²) < 4.78 is 22.3. The second kappa shape index (κ2) is 9.04. The summed E-state index contributed by atoms with van der Waals surface area (Å²) >= 11 is 0. The van der Waals surface area contributed by atoms with E-state index in [2.05, 4.69) is 28.6 Å². The van der Waals surface area contributed by atoms with Crippen molar-refractivity contribution in [1.29, 1.82) is 0 Å². The SMILES string of the molecule is C=CC1(F)CCC(Cn2cc(-c3ccc(C(=O)O)c(C)c3)c3ncc(-c4c(C)noc4C)cc32)CC1. The van der Waals surface area contributed by atoms with E-state index >= 15 is 0 Å². The molecule has 0 aliphatic heterocycles. The van der Waals surface area contributed by atoms with Crippen LogP contribution in [0.4, 0.5) is 4.39 Å². The maximum atomic E-state index is 14.7. The summed E-state index contributed by atoms with van der Waals surface area (Å²) in [5.41, 5.74) is 6.07. The van der Waals surface area contributed by atoms with Crippen LogP contribution in [-0.2, 0) is 6.54 Å². The van der Waals surface area contributed by atoms with Gasteiger partial charge in [0.25, 0.3) is 0 Å². The largest absolute Gasteiger partial charge is 0.478 e. The molecule has 0 saturated heterocycles. The third kappa shape index (κ3) is 4.23. The zero-order valence-electron chi connectivity index (χ0n) is 20.8. The number of aromatic carboxylic acids is 1. The van der Waals surface area contributed by atoms with Crippen LogP contribution in [-0.4, -0.2) is 31.5 Å². The molecule has 0 spiro atoms. The fraction of sp³-hybridized carbons (Fsp3) is 0.345. The first-order valence-corrected chi connectivity index (χ1v) is 12.3. The number of fused-ring (bicyclic) bond motifs is 1. The Hall–Kier alpha value is -3.74. The van der Waals surface area contributed by atoms with E-state index in [0.29, 0.717) is 24.3 Å². The number of carbonyl (C=O) groups is 1. The Morgan fingerprint density at radius 3 is 2.61 bits per heavy atom. The van der Waals surface area contributed by atoms with Crippen LogP contribution in [0, 0.1) is 26.7 Å². The average Bonchev–Trinajstić information content (AvgIpc) is 3.39. The highest BCUT2D eigenvalue weighted by Crippen LogP contribution is 2.39. The Morgan fingerprint density at radius 1 is 1.25 bits per heavy atom. The molecule has 1 aliphatic carbocycles. The lowest BCUT2D eigenvalue weighted by atomic mass is 9.80. The minimum atomic E-state index is -1.26. The van der Waals surface area contributed by atoms with Crippen molar-refractivity contribution in [2.75, 3.05) is 0 Å². The van der Waals surface area contributed by atoms with Gasteiger partial charge < -0.3 is 14.2 Å². The van der Waals surface area contributed by atoms with E-state index in [1.165, 1.54) is 6.08 Å². The van der Waals surface area contributed by atoms with Crippen molar-refractivity contribution >= 4 is 17.0 Å². The van der Waals surface area contributed by atoms with Gasteiger partial charge in [-0.25, -0.2) is 9.18 Å². The standard InChI is InChI=1S/C29H30FN3O3/c1-5-29(30)10-8-20(9-11-29)15-33-16-24(21-6-7-23(28(34)35)17(2)12-21)27-25(33)13-22(14-31-27)26-18(3)32-36-19(26)4/h5-7,12-14,16,20H,1,8-11,15H2,2-4H3,(H,34,35). The lowest BCUT2D eigenvalue weighted by molar-refractivity contribution is 0.0696. The number of alkyl halides is 1. The first kappa shape index (κ1) is 24.0. The van der Waals surface area contributed by atoms with E-state index in [0.717, 1.165) is 64.1 Å². The number of nitrogens with zero attached hydrogens (tertiary/aromatic N) is 3. The first-order chi connectivity index (χ1) is 17.2. The number of hydrogen-bond acceptors (Lipinski definition) is 4. The van der Waals surface area contributed by atoms with Gasteiger partial charge in [-0.05, 0) is 75.6 Å². The normalized spacial score (nSPS) is 20.1. The van der Waals surface area contributed by atoms with Gasteiger partial charge in [0.15, 0.2) is 0 Å². The molecule has 186 valence electrons. The molecule has 36 heavy (non-hydrogen) atoms. The molecule has 5 rings (SSSR count). The van der Waals surface area contributed by atoms with Crippen molar-refractivity contribution < 1.29 is 18.8 Å². The van der Waals surface area contributed by atoms with Crippen LogP contribution < -0.4 is 0 Å². The summed E-state index contributed by atoms with van der Waals surface area (Å²) in [6.45, 7) is 10.0. The van der Waals surface area contributed by atoms with E-state index in [-0.39, 0.29) is 5.56 Å². The molecular formula is C29H30FN3O3. The molecule has 1 saturated carbocycles. The van der Waals surface area contributed by atoms with Gasteiger partial charge in [0, 0.05) is 35.6 Å². The minimum absolute atomic E-state index is 0.287. The van der Waals surface area contributed by atoms with Crippen LogP contribution in [0.15, 0.2) is 53.8 Å². The van der Waals surface area contributed by atoms with Gasteiger partial charge in [-0.3, -0.25) is 4.98 Å². The summed E-state index contributed by atoms with van der Waals surface area (Å²) in [7, 11) is 0. The molecule has 3 aromatic heterocycles. The third-order valence-electron chi connectivity index (χ3n) is 7.56. The minimum Gasteiger partial charge on any atom is -0.478 e. The van der Waals surface area contributed by atoms with Gasteiger partial charge in [-0.1, -0.05) is 29.9 Å². The van der Waals surface area contributed by atoms with Gasteiger partial charge in [-0.15, -0.1) is 0 Å². The van der Waals surface area contributed by atoms with Crippen molar-refractivity contribution in [3.05, 3.63) is 71.9 Å². The Labute approximate surface area is 209 Å². The molecule has 0 unspecified atom stereocenters. The van der Waals surface area contributed by atoms with E-state index in [9.17, 15) is 14.3 Å². The fourth-order valence-corrected chi connectivity index (χ4v) is 5.45. The van der Waals surface area contributed by atoms with Crippen molar-refractivity contribution in [1.82, 2.24) is 14.7 Å². The molecule has 3 heterocycles. The Bertz CT molecular complexity index is 1460. The first-order valence-electron chi connectivity index (χ1n) is 12.3. The van der Waals surface area contributed by atoms with Crippen LogP contribution in [0.2, 0.25) is 0 Å². The predicted octanol–water partition coefficient (Wildman–Crippen LogP) is 7.07. The maximum Gasteiger partial charge on any atom is 0.335 e. The molecule has 0 amide bonds. The molecule has 0 radical (unpaired) electrons. The number of rotatable bonds is 6. The van der Waals surface area contributed by atoms with Crippen LogP contribution >= 0.6 is 0 Å². The average molecular weight is 488 g/mol. The molecule has 0 atom stereocenters.